The predicted molar refractivity (Wildman–Crippen MR) is 64.0 cm³/mol. The van der Waals surface area contributed by atoms with Gasteiger partial charge in [-0.1, -0.05) is 31.5 Å². The average Bonchev–Trinajstić information content (AvgIpc) is 2.27. The zero-order chi connectivity index (χ0) is 11.4. The zero-order valence-electron chi connectivity index (χ0n) is 9.95. The quantitative estimate of drug-likeness (QED) is 0.742. The lowest BCUT2D eigenvalue weighted by Crippen LogP contribution is -2.31. The fraction of sp³-hybridized carbons (Fsp3) is 0.462. The first-order chi connectivity index (χ1) is 7.06. The molecule has 1 unspecified atom stereocenters. The molecule has 0 aromatic heterocycles. The molecule has 0 saturated carbocycles. The molecule has 0 heterocycles. The van der Waals surface area contributed by atoms with Crippen LogP contribution in [0.2, 0.25) is 0 Å². The first-order valence-electron chi connectivity index (χ1n) is 5.40. The summed E-state index contributed by atoms with van der Waals surface area (Å²) in [6.45, 7) is 6.04. The lowest BCUT2D eigenvalue weighted by atomic mass is 10.1. The molecule has 0 spiro atoms. The van der Waals surface area contributed by atoms with Crippen LogP contribution in [0.25, 0.3) is 0 Å². The molecule has 0 fully saturated rings. The standard InChI is InChI=1S/C13H19NO/c1-5-11(3)13(15)14(4)12-8-6-10(2)7-9-12/h6-9,11H,5H2,1-4H3. The van der Waals surface area contributed by atoms with E-state index in [4.69, 9.17) is 0 Å². The Morgan fingerprint density at radius 1 is 1.33 bits per heavy atom. The van der Waals surface area contributed by atoms with E-state index in [1.165, 1.54) is 5.56 Å². The van der Waals surface area contributed by atoms with Crippen LogP contribution in [0, 0.1) is 12.8 Å². The number of amides is 1. The molecule has 0 saturated heterocycles. The molecule has 0 aliphatic carbocycles. The molecule has 0 aliphatic rings. The number of benzene rings is 1. The topological polar surface area (TPSA) is 20.3 Å². The Morgan fingerprint density at radius 3 is 2.33 bits per heavy atom. The molecule has 0 bridgehead atoms. The van der Waals surface area contributed by atoms with Gasteiger partial charge < -0.3 is 4.90 Å². The number of hydrogen-bond donors (Lipinski definition) is 0. The van der Waals surface area contributed by atoms with Crippen LogP contribution >= 0.6 is 0 Å². The largest absolute Gasteiger partial charge is 0.315 e. The van der Waals surface area contributed by atoms with Crippen molar-refractivity contribution in [2.24, 2.45) is 5.92 Å². The Bertz CT molecular complexity index is 329. The smallest absolute Gasteiger partial charge is 0.229 e. The number of aryl methyl sites for hydroxylation is 1. The predicted octanol–water partition coefficient (Wildman–Crippen LogP) is 3.00. The summed E-state index contributed by atoms with van der Waals surface area (Å²) < 4.78 is 0. The molecular formula is C13H19NO. The van der Waals surface area contributed by atoms with Crippen molar-refractivity contribution in [1.29, 1.82) is 0 Å². The number of carbonyl (C=O) groups is 1. The van der Waals surface area contributed by atoms with E-state index in [2.05, 4.69) is 0 Å². The number of rotatable bonds is 3. The molecule has 82 valence electrons. The van der Waals surface area contributed by atoms with Gasteiger partial charge in [0.2, 0.25) is 5.91 Å². The minimum absolute atomic E-state index is 0.0938. The SMILES string of the molecule is CCC(C)C(=O)N(C)c1ccc(C)cc1. The maximum absolute atomic E-state index is 11.9. The van der Waals surface area contributed by atoms with Crippen molar-refractivity contribution >= 4 is 11.6 Å². The van der Waals surface area contributed by atoms with E-state index in [0.29, 0.717) is 0 Å². The van der Waals surface area contributed by atoms with Crippen LogP contribution in [0.3, 0.4) is 0 Å². The van der Waals surface area contributed by atoms with Gasteiger partial charge in [-0.25, -0.2) is 0 Å². The van der Waals surface area contributed by atoms with Crippen molar-refractivity contribution in [3.05, 3.63) is 29.8 Å². The Kier molecular flexibility index (Phi) is 3.89. The highest BCUT2D eigenvalue weighted by Crippen LogP contribution is 2.16. The van der Waals surface area contributed by atoms with E-state index in [1.807, 2.05) is 52.1 Å². The van der Waals surface area contributed by atoms with Crippen LogP contribution in [-0.4, -0.2) is 13.0 Å². The summed E-state index contributed by atoms with van der Waals surface area (Å²) in [6.07, 6.45) is 0.884. The first-order valence-corrected chi connectivity index (χ1v) is 5.40. The number of hydrogen-bond acceptors (Lipinski definition) is 1. The van der Waals surface area contributed by atoms with Crippen molar-refractivity contribution in [3.8, 4) is 0 Å². The van der Waals surface area contributed by atoms with Crippen LogP contribution in [0.5, 0.6) is 0 Å². The first kappa shape index (κ1) is 11.8. The third kappa shape index (κ3) is 2.82. The molecular weight excluding hydrogens is 186 g/mol. The van der Waals surface area contributed by atoms with E-state index in [9.17, 15) is 4.79 Å². The molecule has 1 aromatic carbocycles. The Balaban J connectivity index is 2.80. The maximum Gasteiger partial charge on any atom is 0.229 e. The summed E-state index contributed by atoms with van der Waals surface area (Å²) in [6, 6.07) is 8.01. The lowest BCUT2D eigenvalue weighted by Gasteiger charge is -2.20. The van der Waals surface area contributed by atoms with E-state index < -0.39 is 0 Å². The van der Waals surface area contributed by atoms with Crippen molar-refractivity contribution in [2.75, 3.05) is 11.9 Å². The van der Waals surface area contributed by atoms with Crippen molar-refractivity contribution in [2.45, 2.75) is 27.2 Å². The van der Waals surface area contributed by atoms with E-state index in [-0.39, 0.29) is 11.8 Å². The second-order valence-electron chi connectivity index (χ2n) is 4.04. The van der Waals surface area contributed by atoms with Crippen LogP contribution in [0.1, 0.15) is 25.8 Å². The summed E-state index contributed by atoms with van der Waals surface area (Å²) in [4.78, 5) is 13.6. The van der Waals surface area contributed by atoms with Gasteiger partial charge in [-0.05, 0) is 25.5 Å². The van der Waals surface area contributed by atoms with Gasteiger partial charge in [0.25, 0.3) is 0 Å². The highest BCUT2D eigenvalue weighted by molar-refractivity contribution is 5.94. The molecule has 1 atom stereocenters. The van der Waals surface area contributed by atoms with Crippen LogP contribution < -0.4 is 4.90 Å². The second-order valence-corrected chi connectivity index (χ2v) is 4.04. The van der Waals surface area contributed by atoms with Crippen LogP contribution in [-0.2, 0) is 4.79 Å². The number of nitrogens with zero attached hydrogens (tertiary/aromatic N) is 1. The number of carbonyl (C=O) groups excluding carboxylic acids is 1. The molecule has 0 N–H and O–H groups in total. The highest BCUT2D eigenvalue weighted by atomic mass is 16.2. The lowest BCUT2D eigenvalue weighted by molar-refractivity contribution is -0.121. The molecule has 2 nitrogen and oxygen atoms in total. The van der Waals surface area contributed by atoms with E-state index >= 15 is 0 Å². The summed E-state index contributed by atoms with van der Waals surface area (Å²) in [5.41, 5.74) is 2.18. The minimum Gasteiger partial charge on any atom is -0.315 e. The monoisotopic (exact) mass is 205 g/mol. The van der Waals surface area contributed by atoms with E-state index in [1.54, 1.807) is 4.90 Å². The fourth-order valence-electron chi connectivity index (χ4n) is 1.40. The summed E-state index contributed by atoms with van der Waals surface area (Å²) >= 11 is 0. The minimum atomic E-state index is 0.0938. The Morgan fingerprint density at radius 2 is 1.87 bits per heavy atom. The van der Waals surface area contributed by atoms with E-state index in [0.717, 1.165) is 12.1 Å². The van der Waals surface area contributed by atoms with Gasteiger partial charge in [0, 0.05) is 18.7 Å². The van der Waals surface area contributed by atoms with Crippen molar-refractivity contribution in [1.82, 2.24) is 0 Å². The summed E-state index contributed by atoms with van der Waals surface area (Å²) in [5, 5.41) is 0. The third-order valence-electron chi connectivity index (χ3n) is 2.79. The van der Waals surface area contributed by atoms with Gasteiger partial charge in [0.15, 0.2) is 0 Å². The normalized spacial score (nSPS) is 12.3. The van der Waals surface area contributed by atoms with Crippen molar-refractivity contribution in [3.63, 3.8) is 0 Å². The number of anilines is 1. The van der Waals surface area contributed by atoms with Gasteiger partial charge in [0.1, 0.15) is 0 Å². The van der Waals surface area contributed by atoms with Gasteiger partial charge in [0.05, 0.1) is 0 Å². The molecule has 15 heavy (non-hydrogen) atoms. The molecule has 0 radical (unpaired) electrons. The molecule has 1 aromatic rings. The average molecular weight is 205 g/mol. The van der Waals surface area contributed by atoms with Gasteiger partial charge in [-0.3, -0.25) is 4.79 Å². The summed E-state index contributed by atoms with van der Waals surface area (Å²) in [5.74, 6) is 0.276. The van der Waals surface area contributed by atoms with Gasteiger partial charge in [-0.2, -0.15) is 0 Å². The maximum atomic E-state index is 11.9. The van der Waals surface area contributed by atoms with Gasteiger partial charge in [-0.15, -0.1) is 0 Å². The van der Waals surface area contributed by atoms with Crippen LogP contribution in [0.4, 0.5) is 5.69 Å². The zero-order valence-corrected chi connectivity index (χ0v) is 9.95. The van der Waals surface area contributed by atoms with Gasteiger partial charge >= 0.3 is 0 Å². The fourth-order valence-corrected chi connectivity index (χ4v) is 1.40. The molecule has 0 aliphatic heterocycles. The Hall–Kier alpha value is -1.31. The molecule has 1 rings (SSSR count). The van der Waals surface area contributed by atoms with Crippen LogP contribution in [0.15, 0.2) is 24.3 Å². The molecule has 1 amide bonds. The Labute approximate surface area is 91.9 Å². The summed E-state index contributed by atoms with van der Waals surface area (Å²) in [7, 11) is 1.83. The second kappa shape index (κ2) is 4.96. The van der Waals surface area contributed by atoms with Crippen molar-refractivity contribution < 1.29 is 4.79 Å². The highest BCUT2D eigenvalue weighted by Gasteiger charge is 2.16. The third-order valence-corrected chi connectivity index (χ3v) is 2.79. The molecule has 2 heteroatoms.